The van der Waals surface area contributed by atoms with Gasteiger partial charge >= 0.3 is 0 Å². The molecule has 6 nitrogen and oxygen atoms in total. The lowest BCUT2D eigenvalue weighted by Gasteiger charge is -2.33. The van der Waals surface area contributed by atoms with E-state index in [1.807, 2.05) is 47.4 Å². The van der Waals surface area contributed by atoms with Crippen LogP contribution in [0.5, 0.6) is 11.5 Å². The molecule has 1 fully saturated rings. The Morgan fingerprint density at radius 3 is 2.34 bits per heavy atom. The highest BCUT2D eigenvalue weighted by molar-refractivity contribution is 5.90. The molecule has 0 spiro atoms. The number of hydrogen-bond donors (Lipinski definition) is 0. The zero-order chi connectivity index (χ0) is 20.5. The van der Waals surface area contributed by atoms with E-state index in [-0.39, 0.29) is 30.2 Å². The van der Waals surface area contributed by atoms with Crippen LogP contribution in [0.25, 0.3) is 0 Å². The molecule has 0 radical (unpaired) electrons. The smallest absolute Gasteiger partial charge is 0.228 e. The number of ether oxygens (including phenoxy) is 2. The number of nitrogens with zero attached hydrogens (tertiary/aromatic N) is 2. The molecule has 4 rings (SSSR count). The summed E-state index contributed by atoms with van der Waals surface area (Å²) in [5.74, 6) is 1.06. The molecule has 0 saturated carbocycles. The van der Waals surface area contributed by atoms with Crippen molar-refractivity contribution in [3.8, 4) is 11.5 Å². The molecule has 2 aliphatic rings. The lowest BCUT2D eigenvalue weighted by atomic mass is 9.91. The van der Waals surface area contributed by atoms with Gasteiger partial charge in [0.25, 0.3) is 0 Å². The Kier molecular flexibility index (Phi) is 5.18. The van der Waals surface area contributed by atoms with Crippen LogP contribution in [-0.4, -0.2) is 49.4 Å². The van der Waals surface area contributed by atoms with Crippen LogP contribution in [0, 0.1) is 5.92 Å². The monoisotopic (exact) mass is 394 g/mol. The van der Waals surface area contributed by atoms with Crippen molar-refractivity contribution < 1.29 is 19.1 Å². The second kappa shape index (κ2) is 7.78. The summed E-state index contributed by atoms with van der Waals surface area (Å²) in [6, 6.07) is 13.5. The molecule has 0 aromatic heterocycles. The van der Waals surface area contributed by atoms with Gasteiger partial charge in [0.1, 0.15) is 0 Å². The number of rotatable bonds is 4. The van der Waals surface area contributed by atoms with Crippen molar-refractivity contribution in [3.05, 3.63) is 59.2 Å². The van der Waals surface area contributed by atoms with Gasteiger partial charge in [0.05, 0.1) is 26.2 Å². The summed E-state index contributed by atoms with van der Waals surface area (Å²) in [5.41, 5.74) is 3.24. The van der Waals surface area contributed by atoms with E-state index >= 15 is 0 Å². The van der Waals surface area contributed by atoms with Gasteiger partial charge in [0, 0.05) is 26.6 Å². The molecule has 2 heterocycles. The first-order chi connectivity index (χ1) is 14.0. The quantitative estimate of drug-likeness (QED) is 0.800. The van der Waals surface area contributed by atoms with Gasteiger partial charge < -0.3 is 19.3 Å². The van der Waals surface area contributed by atoms with Crippen molar-refractivity contribution in [1.82, 2.24) is 9.80 Å². The van der Waals surface area contributed by atoms with Gasteiger partial charge in [-0.05, 0) is 35.2 Å². The molecule has 6 heteroatoms. The van der Waals surface area contributed by atoms with Gasteiger partial charge in [0.2, 0.25) is 11.8 Å². The number of carbonyl (C=O) groups excluding carboxylic acids is 2. The van der Waals surface area contributed by atoms with Crippen LogP contribution in [0.15, 0.2) is 42.5 Å². The molecule has 2 aliphatic heterocycles. The molecular weight excluding hydrogens is 368 g/mol. The summed E-state index contributed by atoms with van der Waals surface area (Å²) >= 11 is 0. The molecule has 0 unspecified atom stereocenters. The summed E-state index contributed by atoms with van der Waals surface area (Å²) in [6.07, 6.45) is 1.01. The third-order valence-corrected chi connectivity index (χ3v) is 6.07. The average molecular weight is 394 g/mol. The highest BCUT2D eigenvalue weighted by Gasteiger charge is 2.44. The number of methoxy groups -OCH3 is 2. The zero-order valence-electron chi connectivity index (χ0n) is 17.1. The van der Waals surface area contributed by atoms with Crippen LogP contribution >= 0.6 is 0 Å². The van der Waals surface area contributed by atoms with Crippen LogP contribution in [0.4, 0.5) is 0 Å². The number of amides is 2. The van der Waals surface area contributed by atoms with Crippen molar-refractivity contribution >= 4 is 11.8 Å². The Morgan fingerprint density at radius 1 is 1.03 bits per heavy atom. The maximum atomic E-state index is 13.5. The minimum absolute atomic E-state index is 0.0148. The van der Waals surface area contributed by atoms with Gasteiger partial charge in [-0.15, -0.1) is 0 Å². The Bertz CT molecular complexity index is 928. The van der Waals surface area contributed by atoms with Crippen LogP contribution in [0.1, 0.15) is 29.2 Å². The van der Waals surface area contributed by atoms with E-state index in [0.29, 0.717) is 24.6 Å². The maximum absolute atomic E-state index is 13.5. The standard InChI is InChI=1S/C23H26N2O4/c1-24-21(26)13-18(22(24)15-7-5-4-6-8-15)23(27)25-10-9-16-11-19(28-2)20(29-3)12-17(16)14-25/h4-8,11-12,18,22H,9-10,13-14H2,1-3H3/t18-,22+/m1/s1. The fourth-order valence-corrected chi connectivity index (χ4v) is 4.50. The molecule has 1 saturated heterocycles. The summed E-state index contributed by atoms with van der Waals surface area (Å²) in [4.78, 5) is 29.5. The Labute approximate surface area is 171 Å². The van der Waals surface area contributed by atoms with E-state index in [1.54, 1.807) is 26.2 Å². The molecule has 2 amide bonds. The fourth-order valence-electron chi connectivity index (χ4n) is 4.50. The zero-order valence-corrected chi connectivity index (χ0v) is 17.1. The minimum atomic E-state index is -0.364. The summed E-state index contributed by atoms with van der Waals surface area (Å²) in [7, 11) is 5.02. The summed E-state index contributed by atoms with van der Waals surface area (Å²) in [6.45, 7) is 1.15. The van der Waals surface area contributed by atoms with E-state index < -0.39 is 0 Å². The van der Waals surface area contributed by atoms with Crippen molar-refractivity contribution in [1.29, 1.82) is 0 Å². The van der Waals surface area contributed by atoms with Crippen LogP contribution < -0.4 is 9.47 Å². The van der Waals surface area contributed by atoms with Gasteiger partial charge in [-0.2, -0.15) is 0 Å². The first-order valence-corrected chi connectivity index (χ1v) is 9.86. The van der Waals surface area contributed by atoms with E-state index in [2.05, 4.69) is 0 Å². The normalized spacial score (nSPS) is 21.1. The minimum Gasteiger partial charge on any atom is -0.493 e. The third kappa shape index (κ3) is 3.43. The molecule has 0 aliphatic carbocycles. The first kappa shape index (κ1) is 19.3. The molecule has 2 atom stereocenters. The van der Waals surface area contributed by atoms with Gasteiger partial charge in [-0.25, -0.2) is 0 Å². The lowest BCUT2D eigenvalue weighted by Crippen LogP contribution is -2.41. The van der Waals surface area contributed by atoms with Gasteiger partial charge in [0.15, 0.2) is 11.5 Å². The van der Waals surface area contributed by atoms with Crippen molar-refractivity contribution in [2.45, 2.75) is 25.4 Å². The number of fused-ring (bicyclic) bond motifs is 1. The van der Waals surface area contributed by atoms with Crippen LogP contribution in [0.3, 0.4) is 0 Å². The van der Waals surface area contributed by atoms with E-state index in [0.717, 1.165) is 17.5 Å². The molecule has 0 bridgehead atoms. The highest BCUT2D eigenvalue weighted by Crippen LogP contribution is 2.39. The molecule has 0 N–H and O–H groups in total. The van der Waals surface area contributed by atoms with Gasteiger partial charge in [-0.1, -0.05) is 30.3 Å². The van der Waals surface area contributed by atoms with Crippen LogP contribution in [0.2, 0.25) is 0 Å². The van der Waals surface area contributed by atoms with E-state index in [9.17, 15) is 9.59 Å². The Balaban J connectivity index is 1.59. The predicted molar refractivity (Wildman–Crippen MR) is 109 cm³/mol. The molecule has 2 aromatic carbocycles. The predicted octanol–water partition coefficient (Wildman–Crippen LogP) is 2.81. The van der Waals surface area contributed by atoms with E-state index in [4.69, 9.17) is 9.47 Å². The van der Waals surface area contributed by atoms with Crippen molar-refractivity contribution in [2.75, 3.05) is 27.8 Å². The Hall–Kier alpha value is -3.02. The second-order valence-corrected chi connectivity index (χ2v) is 7.66. The molecule has 2 aromatic rings. The fraction of sp³-hybridized carbons (Fsp3) is 0.391. The van der Waals surface area contributed by atoms with Gasteiger partial charge in [-0.3, -0.25) is 9.59 Å². The largest absolute Gasteiger partial charge is 0.493 e. The number of hydrogen-bond acceptors (Lipinski definition) is 4. The summed E-state index contributed by atoms with van der Waals surface area (Å²) < 4.78 is 10.8. The number of likely N-dealkylation sites (tertiary alicyclic amines) is 1. The lowest BCUT2D eigenvalue weighted by molar-refractivity contribution is -0.137. The van der Waals surface area contributed by atoms with Crippen LogP contribution in [-0.2, 0) is 22.6 Å². The second-order valence-electron chi connectivity index (χ2n) is 7.66. The third-order valence-electron chi connectivity index (χ3n) is 6.07. The first-order valence-electron chi connectivity index (χ1n) is 9.86. The summed E-state index contributed by atoms with van der Waals surface area (Å²) in [5, 5.41) is 0. The number of carbonyl (C=O) groups is 2. The average Bonchev–Trinajstić information content (AvgIpc) is 3.06. The topological polar surface area (TPSA) is 59.1 Å². The van der Waals surface area contributed by atoms with Crippen molar-refractivity contribution in [3.63, 3.8) is 0 Å². The SMILES string of the molecule is COc1cc2c(cc1OC)CN(C(=O)[C@@H]1CC(=O)N(C)[C@H]1c1ccccc1)CC2. The maximum Gasteiger partial charge on any atom is 0.228 e. The van der Waals surface area contributed by atoms with Crippen molar-refractivity contribution in [2.24, 2.45) is 5.92 Å². The molecular formula is C23H26N2O4. The number of benzene rings is 2. The molecule has 29 heavy (non-hydrogen) atoms. The van der Waals surface area contributed by atoms with E-state index in [1.165, 1.54) is 5.56 Å². The Morgan fingerprint density at radius 2 is 1.69 bits per heavy atom. The highest BCUT2D eigenvalue weighted by atomic mass is 16.5. The molecule has 152 valence electrons.